The van der Waals surface area contributed by atoms with E-state index in [-0.39, 0.29) is 0 Å². The van der Waals surface area contributed by atoms with Crippen molar-refractivity contribution in [3.8, 4) is 33.0 Å². The molecule has 1 heterocycles. The summed E-state index contributed by atoms with van der Waals surface area (Å²) >= 11 is 1.66. The highest BCUT2D eigenvalue weighted by Gasteiger charge is 2.06. The number of benzene rings is 2. The molecule has 0 unspecified atom stereocenters. The molecule has 3 aromatic rings. The van der Waals surface area contributed by atoms with Gasteiger partial charge in [0.15, 0.2) is 0 Å². The first-order valence-corrected chi connectivity index (χ1v) is 7.23. The van der Waals surface area contributed by atoms with Gasteiger partial charge in [0.2, 0.25) is 0 Å². The zero-order valence-electron chi connectivity index (χ0n) is 11.1. The maximum Gasteiger partial charge on any atom is 0.0991 e. The molecule has 0 aliphatic carbocycles. The Morgan fingerprint density at radius 2 is 1.14 bits per heavy atom. The van der Waals surface area contributed by atoms with E-state index in [0.29, 0.717) is 11.1 Å². The predicted molar refractivity (Wildman–Crippen MR) is 84.6 cm³/mol. The fraction of sp³-hybridized carbons (Fsp3) is 0. The number of thiophene rings is 1. The number of nitrogens with zero attached hydrogens (tertiary/aromatic N) is 2. The van der Waals surface area contributed by atoms with Crippen LogP contribution < -0.4 is 0 Å². The molecule has 0 saturated heterocycles. The molecule has 0 aliphatic heterocycles. The molecule has 0 aliphatic rings. The van der Waals surface area contributed by atoms with Crippen LogP contribution in [0.25, 0.3) is 20.9 Å². The van der Waals surface area contributed by atoms with Crippen LogP contribution in [0.15, 0.2) is 60.7 Å². The Morgan fingerprint density at radius 1 is 0.667 bits per heavy atom. The van der Waals surface area contributed by atoms with E-state index >= 15 is 0 Å². The van der Waals surface area contributed by atoms with Crippen molar-refractivity contribution in [1.29, 1.82) is 10.5 Å². The lowest BCUT2D eigenvalue weighted by Crippen LogP contribution is -1.76. The van der Waals surface area contributed by atoms with Crippen LogP contribution in [0.4, 0.5) is 0 Å². The Balaban J connectivity index is 2.00. The lowest BCUT2D eigenvalue weighted by Gasteiger charge is -1.99. The van der Waals surface area contributed by atoms with E-state index in [1.807, 2.05) is 36.4 Å². The summed E-state index contributed by atoms with van der Waals surface area (Å²) in [5, 5.41) is 17.9. The van der Waals surface area contributed by atoms with Crippen LogP contribution in [0.5, 0.6) is 0 Å². The number of hydrogen-bond donors (Lipinski definition) is 0. The summed E-state index contributed by atoms with van der Waals surface area (Å²) < 4.78 is 0. The Kier molecular flexibility index (Phi) is 3.51. The van der Waals surface area contributed by atoms with Gasteiger partial charge in [0.25, 0.3) is 0 Å². The summed E-state index contributed by atoms with van der Waals surface area (Å²) in [4.78, 5) is 2.23. The quantitative estimate of drug-likeness (QED) is 0.677. The normalized spacial score (nSPS) is 9.81. The van der Waals surface area contributed by atoms with Crippen LogP contribution in [0.1, 0.15) is 11.1 Å². The first kappa shape index (κ1) is 13.1. The minimum atomic E-state index is 0.661. The largest absolute Gasteiger partial charge is 0.192 e. The van der Waals surface area contributed by atoms with Crippen LogP contribution in [0.3, 0.4) is 0 Å². The summed E-state index contributed by atoms with van der Waals surface area (Å²) in [6, 6.07) is 23.6. The minimum absolute atomic E-state index is 0.661. The molecule has 0 amide bonds. The Bertz CT molecular complexity index is 806. The summed E-state index contributed by atoms with van der Waals surface area (Å²) in [7, 11) is 0. The molecule has 0 atom stereocenters. The Labute approximate surface area is 127 Å². The molecule has 2 nitrogen and oxygen atoms in total. The van der Waals surface area contributed by atoms with E-state index in [0.717, 1.165) is 20.9 Å². The molecule has 0 N–H and O–H groups in total. The van der Waals surface area contributed by atoms with Crippen LogP contribution in [0, 0.1) is 22.7 Å². The molecule has 0 saturated carbocycles. The van der Waals surface area contributed by atoms with Crippen molar-refractivity contribution in [1.82, 2.24) is 0 Å². The first-order valence-electron chi connectivity index (χ1n) is 6.41. The first-order chi connectivity index (χ1) is 10.3. The van der Waals surface area contributed by atoms with Gasteiger partial charge in [-0.05, 0) is 47.5 Å². The standard InChI is InChI=1S/C18H10N2S/c19-11-13-3-1-5-15(9-13)17-7-8-18(21-17)16-6-2-4-14(10-16)12-20/h1-10H. The third-order valence-corrected chi connectivity index (χ3v) is 4.34. The molecule has 98 valence electrons. The third kappa shape index (κ3) is 2.69. The molecular formula is C18H10N2S. The highest BCUT2D eigenvalue weighted by molar-refractivity contribution is 7.18. The Morgan fingerprint density at radius 3 is 1.57 bits per heavy atom. The van der Waals surface area contributed by atoms with Crippen molar-refractivity contribution in [2.45, 2.75) is 0 Å². The molecule has 0 bridgehead atoms. The highest BCUT2D eigenvalue weighted by atomic mass is 32.1. The SMILES string of the molecule is N#Cc1cccc(-c2ccc(-c3cccc(C#N)c3)s2)c1. The summed E-state index contributed by atoms with van der Waals surface area (Å²) in [5.41, 5.74) is 3.41. The van der Waals surface area contributed by atoms with E-state index in [9.17, 15) is 0 Å². The highest BCUT2D eigenvalue weighted by Crippen LogP contribution is 2.34. The van der Waals surface area contributed by atoms with Gasteiger partial charge in [-0.15, -0.1) is 11.3 Å². The van der Waals surface area contributed by atoms with E-state index in [2.05, 4.69) is 24.3 Å². The summed E-state index contributed by atoms with van der Waals surface area (Å²) in [6.45, 7) is 0. The molecule has 21 heavy (non-hydrogen) atoms. The average Bonchev–Trinajstić information content (AvgIpc) is 3.05. The molecule has 1 aromatic heterocycles. The van der Waals surface area contributed by atoms with Gasteiger partial charge in [-0.3, -0.25) is 0 Å². The fourth-order valence-electron chi connectivity index (χ4n) is 2.13. The second kappa shape index (κ2) is 5.63. The molecule has 0 radical (unpaired) electrons. The van der Waals surface area contributed by atoms with Crippen molar-refractivity contribution < 1.29 is 0 Å². The van der Waals surface area contributed by atoms with Gasteiger partial charge in [-0.2, -0.15) is 10.5 Å². The molecule has 3 rings (SSSR count). The summed E-state index contributed by atoms with van der Waals surface area (Å²) in [6.07, 6.45) is 0. The van der Waals surface area contributed by atoms with Crippen LogP contribution in [0.2, 0.25) is 0 Å². The third-order valence-electron chi connectivity index (χ3n) is 3.16. The van der Waals surface area contributed by atoms with Gasteiger partial charge in [0, 0.05) is 9.75 Å². The van der Waals surface area contributed by atoms with Gasteiger partial charge in [0.1, 0.15) is 0 Å². The second-order valence-electron chi connectivity index (χ2n) is 4.55. The van der Waals surface area contributed by atoms with Crippen molar-refractivity contribution in [3.05, 3.63) is 71.8 Å². The summed E-state index contributed by atoms with van der Waals surface area (Å²) in [5.74, 6) is 0. The maximum absolute atomic E-state index is 8.97. The van der Waals surface area contributed by atoms with Crippen LogP contribution >= 0.6 is 11.3 Å². The van der Waals surface area contributed by atoms with E-state index in [1.165, 1.54) is 0 Å². The topological polar surface area (TPSA) is 47.6 Å². The smallest absolute Gasteiger partial charge is 0.0991 e. The van der Waals surface area contributed by atoms with Gasteiger partial charge >= 0.3 is 0 Å². The average molecular weight is 286 g/mol. The zero-order valence-corrected chi connectivity index (χ0v) is 11.9. The van der Waals surface area contributed by atoms with Crippen LogP contribution in [-0.4, -0.2) is 0 Å². The molecular weight excluding hydrogens is 276 g/mol. The Hall–Kier alpha value is -2.88. The van der Waals surface area contributed by atoms with Gasteiger partial charge < -0.3 is 0 Å². The number of hydrogen-bond acceptors (Lipinski definition) is 3. The van der Waals surface area contributed by atoms with Crippen molar-refractivity contribution in [2.24, 2.45) is 0 Å². The predicted octanol–water partition coefficient (Wildman–Crippen LogP) is 4.83. The zero-order chi connectivity index (χ0) is 14.7. The number of nitriles is 2. The molecule has 3 heteroatoms. The van der Waals surface area contributed by atoms with E-state index < -0.39 is 0 Å². The van der Waals surface area contributed by atoms with Crippen molar-refractivity contribution in [3.63, 3.8) is 0 Å². The van der Waals surface area contributed by atoms with Crippen molar-refractivity contribution >= 4 is 11.3 Å². The minimum Gasteiger partial charge on any atom is -0.192 e. The molecule has 0 spiro atoms. The van der Waals surface area contributed by atoms with E-state index in [1.54, 1.807) is 23.5 Å². The maximum atomic E-state index is 8.97. The second-order valence-corrected chi connectivity index (χ2v) is 5.63. The fourth-order valence-corrected chi connectivity index (χ4v) is 3.13. The lowest BCUT2D eigenvalue weighted by atomic mass is 10.1. The van der Waals surface area contributed by atoms with Gasteiger partial charge in [-0.25, -0.2) is 0 Å². The number of rotatable bonds is 2. The van der Waals surface area contributed by atoms with Crippen molar-refractivity contribution in [2.75, 3.05) is 0 Å². The van der Waals surface area contributed by atoms with Gasteiger partial charge in [-0.1, -0.05) is 24.3 Å². The monoisotopic (exact) mass is 286 g/mol. The lowest BCUT2D eigenvalue weighted by molar-refractivity contribution is 1.49. The van der Waals surface area contributed by atoms with Gasteiger partial charge in [0.05, 0.1) is 23.3 Å². The molecule has 0 fully saturated rings. The van der Waals surface area contributed by atoms with E-state index in [4.69, 9.17) is 10.5 Å². The molecule has 2 aromatic carbocycles. The van der Waals surface area contributed by atoms with Crippen LogP contribution in [-0.2, 0) is 0 Å².